The first-order valence-corrected chi connectivity index (χ1v) is 7.05. The van der Waals surface area contributed by atoms with Crippen LogP contribution in [0.5, 0.6) is 0 Å². The maximum Gasteiger partial charge on any atom is 0.309 e. The third-order valence-corrected chi connectivity index (χ3v) is 3.37. The molecular weight excluding hydrogens is 282 g/mol. The third kappa shape index (κ3) is 7.10. The quantitative estimate of drug-likeness (QED) is 0.693. The number of rotatable bonds is 8. The van der Waals surface area contributed by atoms with Gasteiger partial charge in [-0.25, -0.2) is 0 Å². The smallest absolute Gasteiger partial charge is 0.309 e. The SMILES string of the molecule is CC(C)C[C@H](CN)CC(=O)OCCC1CCOC1=O.Cl. The summed E-state index contributed by atoms with van der Waals surface area (Å²) >= 11 is 0. The molecule has 1 aliphatic rings. The van der Waals surface area contributed by atoms with Gasteiger partial charge in [0.1, 0.15) is 0 Å². The molecule has 2 N–H and O–H groups in total. The molecule has 0 saturated carbocycles. The van der Waals surface area contributed by atoms with Gasteiger partial charge < -0.3 is 15.2 Å². The van der Waals surface area contributed by atoms with E-state index in [1.165, 1.54) is 0 Å². The summed E-state index contributed by atoms with van der Waals surface area (Å²) in [6, 6.07) is 0. The van der Waals surface area contributed by atoms with Crippen molar-refractivity contribution in [2.75, 3.05) is 19.8 Å². The first kappa shape index (κ1) is 19.2. The van der Waals surface area contributed by atoms with Gasteiger partial charge in [0.25, 0.3) is 0 Å². The molecule has 5 nitrogen and oxygen atoms in total. The van der Waals surface area contributed by atoms with E-state index >= 15 is 0 Å². The van der Waals surface area contributed by atoms with Crippen molar-refractivity contribution >= 4 is 24.3 Å². The van der Waals surface area contributed by atoms with Gasteiger partial charge in [-0.2, -0.15) is 0 Å². The number of hydrogen-bond donors (Lipinski definition) is 1. The van der Waals surface area contributed by atoms with Gasteiger partial charge >= 0.3 is 11.9 Å². The molecule has 0 bridgehead atoms. The minimum atomic E-state index is -0.220. The van der Waals surface area contributed by atoms with Crippen molar-refractivity contribution in [3.63, 3.8) is 0 Å². The molecule has 1 heterocycles. The van der Waals surface area contributed by atoms with Crippen molar-refractivity contribution in [1.29, 1.82) is 0 Å². The number of hydrogen-bond acceptors (Lipinski definition) is 5. The lowest BCUT2D eigenvalue weighted by molar-refractivity contribution is -0.147. The molecular formula is C14H26ClNO4. The van der Waals surface area contributed by atoms with Crippen LogP contribution in [0.3, 0.4) is 0 Å². The Balaban J connectivity index is 0.00000361. The number of halogens is 1. The molecule has 1 aliphatic heterocycles. The van der Waals surface area contributed by atoms with Gasteiger partial charge in [0.05, 0.1) is 19.1 Å². The second-order valence-corrected chi connectivity index (χ2v) is 5.60. The number of nitrogens with two attached hydrogens (primary N) is 1. The number of ether oxygens (including phenoxy) is 2. The highest BCUT2D eigenvalue weighted by Gasteiger charge is 2.26. The van der Waals surface area contributed by atoms with E-state index in [1.54, 1.807) is 0 Å². The zero-order chi connectivity index (χ0) is 14.3. The van der Waals surface area contributed by atoms with Crippen molar-refractivity contribution in [2.45, 2.75) is 39.5 Å². The largest absolute Gasteiger partial charge is 0.466 e. The van der Waals surface area contributed by atoms with E-state index in [1.807, 2.05) is 0 Å². The molecule has 2 atom stereocenters. The van der Waals surface area contributed by atoms with Gasteiger partial charge in [0.2, 0.25) is 0 Å². The van der Waals surface area contributed by atoms with E-state index in [0.717, 1.165) is 12.8 Å². The number of carbonyl (C=O) groups is 2. The Morgan fingerprint density at radius 3 is 2.70 bits per heavy atom. The monoisotopic (exact) mass is 307 g/mol. The molecule has 1 rings (SSSR count). The molecule has 20 heavy (non-hydrogen) atoms. The highest BCUT2D eigenvalue weighted by Crippen LogP contribution is 2.19. The lowest BCUT2D eigenvalue weighted by Gasteiger charge is -2.16. The lowest BCUT2D eigenvalue weighted by Crippen LogP contribution is -2.22. The second kappa shape index (κ2) is 10.00. The fourth-order valence-corrected chi connectivity index (χ4v) is 2.34. The summed E-state index contributed by atoms with van der Waals surface area (Å²) < 4.78 is 10.0. The van der Waals surface area contributed by atoms with Gasteiger partial charge in [0, 0.05) is 6.42 Å². The molecule has 0 radical (unpaired) electrons. The fraction of sp³-hybridized carbons (Fsp3) is 0.857. The average molecular weight is 308 g/mol. The van der Waals surface area contributed by atoms with E-state index in [4.69, 9.17) is 15.2 Å². The van der Waals surface area contributed by atoms with E-state index in [9.17, 15) is 9.59 Å². The maximum absolute atomic E-state index is 11.7. The van der Waals surface area contributed by atoms with Gasteiger partial charge in [-0.15, -0.1) is 12.4 Å². The number of esters is 2. The molecule has 1 unspecified atom stereocenters. The van der Waals surface area contributed by atoms with Crippen LogP contribution in [-0.2, 0) is 19.1 Å². The minimum Gasteiger partial charge on any atom is -0.466 e. The molecule has 6 heteroatoms. The summed E-state index contributed by atoms with van der Waals surface area (Å²) in [5.41, 5.74) is 5.65. The molecule has 0 aromatic heterocycles. The Kier molecular flexibility index (Phi) is 9.59. The van der Waals surface area contributed by atoms with Crippen LogP contribution in [0.2, 0.25) is 0 Å². The van der Waals surface area contributed by atoms with Gasteiger partial charge in [0.15, 0.2) is 0 Å². The summed E-state index contributed by atoms with van der Waals surface area (Å²) in [6.07, 6.45) is 2.58. The van der Waals surface area contributed by atoms with E-state index in [2.05, 4.69) is 13.8 Å². The van der Waals surface area contributed by atoms with Crippen molar-refractivity contribution in [2.24, 2.45) is 23.5 Å². The van der Waals surface area contributed by atoms with Crippen molar-refractivity contribution < 1.29 is 19.1 Å². The topological polar surface area (TPSA) is 78.6 Å². The van der Waals surface area contributed by atoms with Crippen LogP contribution >= 0.6 is 12.4 Å². The molecule has 0 amide bonds. The Labute approximate surface area is 127 Å². The van der Waals surface area contributed by atoms with E-state index < -0.39 is 0 Å². The zero-order valence-electron chi connectivity index (χ0n) is 12.3. The maximum atomic E-state index is 11.7. The summed E-state index contributed by atoms with van der Waals surface area (Å²) in [6.45, 7) is 5.50. The first-order valence-electron chi connectivity index (χ1n) is 7.05. The van der Waals surface area contributed by atoms with Crippen LogP contribution in [0.1, 0.15) is 39.5 Å². The van der Waals surface area contributed by atoms with Crippen LogP contribution in [0.4, 0.5) is 0 Å². The summed E-state index contributed by atoms with van der Waals surface area (Å²) in [4.78, 5) is 22.9. The molecule has 0 aromatic carbocycles. The predicted octanol–water partition coefficient (Wildman–Crippen LogP) is 1.92. The highest BCUT2D eigenvalue weighted by atomic mass is 35.5. The predicted molar refractivity (Wildman–Crippen MR) is 78.5 cm³/mol. The summed E-state index contributed by atoms with van der Waals surface area (Å²) in [5, 5.41) is 0. The van der Waals surface area contributed by atoms with Crippen LogP contribution in [0, 0.1) is 17.8 Å². The van der Waals surface area contributed by atoms with Crippen molar-refractivity contribution in [1.82, 2.24) is 0 Å². The average Bonchev–Trinajstić information content (AvgIpc) is 2.73. The van der Waals surface area contributed by atoms with Crippen molar-refractivity contribution in [3.8, 4) is 0 Å². The Bertz CT molecular complexity index is 310. The summed E-state index contributed by atoms with van der Waals surface area (Å²) in [5.74, 6) is 0.213. The lowest BCUT2D eigenvalue weighted by atomic mass is 9.94. The first-order chi connectivity index (χ1) is 9.02. The normalized spacial score (nSPS) is 19.4. The van der Waals surface area contributed by atoms with Crippen LogP contribution in [0.25, 0.3) is 0 Å². The fourth-order valence-electron chi connectivity index (χ4n) is 2.34. The Morgan fingerprint density at radius 1 is 1.50 bits per heavy atom. The van der Waals surface area contributed by atoms with Gasteiger partial charge in [-0.1, -0.05) is 13.8 Å². The van der Waals surface area contributed by atoms with Crippen LogP contribution < -0.4 is 5.73 Å². The Hall–Kier alpha value is -0.810. The Morgan fingerprint density at radius 2 is 2.20 bits per heavy atom. The van der Waals surface area contributed by atoms with E-state index in [0.29, 0.717) is 31.9 Å². The van der Waals surface area contributed by atoms with Gasteiger partial charge in [-0.05, 0) is 37.6 Å². The summed E-state index contributed by atoms with van der Waals surface area (Å²) in [7, 11) is 0. The second-order valence-electron chi connectivity index (χ2n) is 5.60. The third-order valence-electron chi connectivity index (χ3n) is 3.37. The van der Waals surface area contributed by atoms with Crippen LogP contribution in [0.15, 0.2) is 0 Å². The standard InChI is InChI=1S/C14H25NO4.ClH/c1-10(2)7-11(9-15)8-13(16)18-5-3-12-4-6-19-14(12)17;/h10-12H,3-9,15H2,1-2H3;1H/t11-,12?;/m0./s1. The molecule has 1 saturated heterocycles. The number of carbonyl (C=O) groups excluding carboxylic acids is 2. The molecule has 0 aromatic rings. The number of cyclic esters (lactones) is 1. The minimum absolute atomic E-state index is 0. The van der Waals surface area contributed by atoms with E-state index in [-0.39, 0.29) is 42.8 Å². The molecule has 0 aliphatic carbocycles. The van der Waals surface area contributed by atoms with Gasteiger partial charge in [-0.3, -0.25) is 9.59 Å². The van der Waals surface area contributed by atoms with Crippen LogP contribution in [-0.4, -0.2) is 31.7 Å². The zero-order valence-corrected chi connectivity index (χ0v) is 13.1. The molecule has 1 fully saturated rings. The molecule has 118 valence electrons. The van der Waals surface area contributed by atoms with Crippen molar-refractivity contribution in [3.05, 3.63) is 0 Å². The molecule has 0 spiro atoms. The highest BCUT2D eigenvalue weighted by molar-refractivity contribution is 5.85.